The van der Waals surface area contributed by atoms with Crippen LogP contribution in [0.3, 0.4) is 0 Å². The molecule has 2 bridgehead atoms. The minimum Gasteiger partial charge on any atom is -0.468 e. The number of primary amides is 1. The molecule has 1 aromatic heterocycles. The number of ether oxygens (including phenoxy) is 1. The Bertz CT molecular complexity index is 1190. The first-order valence-corrected chi connectivity index (χ1v) is 10.7. The highest BCUT2D eigenvalue weighted by Gasteiger charge is 2.55. The first-order chi connectivity index (χ1) is 14.9. The van der Waals surface area contributed by atoms with Crippen LogP contribution in [-0.2, 0) is 23.1 Å². The molecule has 3 heterocycles. The molecule has 0 saturated carbocycles. The molecule has 160 valence electrons. The number of piperidine rings is 1. The molecule has 0 spiro atoms. The number of hydrogen-bond donors (Lipinski definition) is 1. The van der Waals surface area contributed by atoms with Gasteiger partial charge in [-0.1, -0.05) is 30.3 Å². The SMILES string of the molecule is Cn1c(CCCN2C(=O)[C@H](C(N)=O)[C@H]3C[C@@]2(C)Oc2ccccc23)nc2ccccc21. The van der Waals surface area contributed by atoms with E-state index in [2.05, 4.69) is 4.57 Å². The summed E-state index contributed by atoms with van der Waals surface area (Å²) in [5.74, 6) is -0.250. The van der Waals surface area contributed by atoms with Gasteiger partial charge in [0, 0.05) is 32.4 Å². The van der Waals surface area contributed by atoms with Crippen molar-refractivity contribution in [1.82, 2.24) is 14.5 Å². The molecule has 31 heavy (non-hydrogen) atoms. The maximum Gasteiger partial charge on any atom is 0.238 e. The molecule has 3 atom stereocenters. The highest BCUT2D eigenvalue weighted by atomic mass is 16.5. The molecule has 7 heteroatoms. The van der Waals surface area contributed by atoms with E-state index in [1.54, 1.807) is 4.90 Å². The van der Waals surface area contributed by atoms with E-state index >= 15 is 0 Å². The summed E-state index contributed by atoms with van der Waals surface area (Å²) < 4.78 is 8.40. The van der Waals surface area contributed by atoms with E-state index in [-0.39, 0.29) is 11.8 Å². The van der Waals surface area contributed by atoms with Gasteiger partial charge in [0.1, 0.15) is 17.5 Å². The standard InChI is InChI=1S/C24H26N4O3/c1-24-14-16(15-8-3-6-11-19(15)31-24)21(22(25)29)23(30)28(24)13-7-12-20-26-17-9-4-5-10-18(17)27(20)2/h3-6,8-11,16,21H,7,12-14H2,1-2H3,(H2,25,29)/t16-,21-,24+/m0/s1. The van der Waals surface area contributed by atoms with E-state index in [4.69, 9.17) is 15.5 Å². The van der Waals surface area contributed by atoms with Crippen molar-refractivity contribution in [2.75, 3.05) is 6.54 Å². The zero-order valence-electron chi connectivity index (χ0n) is 17.7. The second-order valence-corrected chi connectivity index (χ2v) is 8.67. The summed E-state index contributed by atoms with van der Waals surface area (Å²) in [6.45, 7) is 2.40. The molecule has 2 amide bonds. The zero-order chi connectivity index (χ0) is 21.8. The maximum absolute atomic E-state index is 13.4. The first kappa shape index (κ1) is 19.6. The van der Waals surface area contributed by atoms with Gasteiger partial charge in [-0.05, 0) is 37.1 Å². The largest absolute Gasteiger partial charge is 0.468 e. The average molecular weight is 418 g/mol. The number of likely N-dealkylation sites (tertiary alicyclic amines) is 1. The van der Waals surface area contributed by atoms with Crippen molar-refractivity contribution >= 4 is 22.8 Å². The predicted octanol–water partition coefficient (Wildman–Crippen LogP) is 2.73. The summed E-state index contributed by atoms with van der Waals surface area (Å²) in [4.78, 5) is 32.1. The number of hydrogen-bond acceptors (Lipinski definition) is 4. The third-order valence-corrected chi connectivity index (χ3v) is 6.72. The monoisotopic (exact) mass is 418 g/mol. The van der Waals surface area contributed by atoms with Gasteiger partial charge in [-0.25, -0.2) is 4.98 Å². The van der Waals surface area contributed by atoms with Gasteiger partial charge in [-0.2, -0.15) is 0 Å². The van der Waals surface area contributed by atoms with Crippen LogP contribution >= 0.6 is 0 Å². The molecule has 0 unspecified atom stereocenters. The summed E-state index contributed by atoms with van der Waals surface area (Å²) in [6, 6.07) is 15.6. The Hall–Kier alpha value is -3.35. The number of nitrogens with zero attached hydrogens (tertiary/aromatic N) is 3. The normalized spacial score (nSPS) is 24.7. The Morgan fingerprint density at radius 1 is 1.23 bits per heavy atom. The molecule has 2 aromatic carbocycles. The number of benzene rings is 2. The maximum atomic E-state index is 13.4. The van der Waals surface area contributed by atoms with Crippen molar-refractivity contribution in [2.45, 2.75) is 37.8 Å². The van der Waals surface area contributed by atoms with Gasteiger partial charge >= 0.3 is 0 Å². The fraction of sp³-hybridized carbons (Fsp3) is 0.375. The fourth-order valence-corrected chi connectivity index (χ4v) is 5.19. The molecule has 3 aromatic rings. The van der Waals surface area contributed by atoms with Crippen LogP contribution in [-0.4, -0.2) is 38.5 Å². The third kappa shape index (κ3) is 3.07. The minimum absolute atomic E-state index is 0.245. The number of aromatic nitrogens is 2. The van der Waals surface area contributed by atoms with Crippen LogP contribution < -0.4 is 10.5 Å². The molecule has 1 fully saturated rings. The van der Waals surface area contributed by atoms with Crippen molar-refractivity contribution in [1.29, 1.82) is 0 Å². The molecule has 0 aliphatic carbocycles. The molecular formula is C24H26N4O3. The number of para-hydroxylation sites is 3. The van der Waals surface area contributed by atoms with E-state index in [1.165, 1.54) is 0 Å². The van der Waals surface area contributed by atoms with E-state index < -0.39 is 17.6 Å². The summed E-state index contributed by atoms with van der Waals surface area (Å²) >= 11 is 0. The lowest BCUT2D eigenvalue weighted by molar-refractivity contribution is -0.175. The lowest BCUT2D eigenvalue weighted by Gasteiger charge is -2.52. The van der Waals surface area contributed by atoms with E-state index in [0.29, 0.717) is 25.8 Å². The van der Waals surface area contributed by atoms with Crippen LogP contribution in [0.15, 0.2) is 48.5 Å². The minimum atomic E-state index is -0.867. The average Bonchev–Trinajstić information content (AvgIpc) is 3.06. The summed E-state index contributed by atoms with van der Waals surface area (Å²) in [5.41, 5.74) is 7.83. The quantitative estimate of drug-likeness (QED) is 0.645. The lowest BCUT2D eigenvalue weighted by Crippen LogP contribution is -2.64. The van der Waals surface area contributed by atoms with Gasteiger partial charge in [0.25, 0.3) is 0 Å². The number of fused-ring (bicyclic) bond motifs is 5. The van der Waals surface area contributed by atoms with E-state index in [9.17, 15) is 9.59 Å². The first-order valence-electron chi connectivity index (χ1n) is 10.7. The Morgan fingerprint density at radius 2 is 1.97 bits per heavy atom. The van der Waals surface area contributed by atoms with Crippen LogP contribution in [0.1, 0.15) is 37.1 Å². The van der Waals surface area contributed by atoms with Crippen LogP contribution in [0.4, 0.5) is 0 Å². The number of rotatable bonds is 5. The van der Waals surface area contributed by atoms with Crippen molar-refractivity contribution in [3.05, 3.63) is 59.9 Å². The molecule has 2 N–H and O–H groups in total. The Morgan fingerprint density at radius 3 is 2.74 bits per heavy atom. The zero-order valence-corrected chi connectivity index (χ0v) is 17.7. The van der Waals surface area contributed by atoms with Crippen molar-refractivity contribution in [2.24, 2.45) is 18.7 Å². The van der Waals surface area contributed by atoms with E-state index in [0.717, 1.165) is 28.2 Å². The second kappa shape index (κ2) is 7.11. The molecule has 0 radical (unpaired) electrons. The number of amides is 2. The number of aryl methyl sites for hydroxylation is 2. The van der Waals surface area contributed by atoms with Gasteiger partial charge in [0.05, 0.1) is 11.0 Å². The van der Waals surface area contributed by atoms with Crippen molar-refractivity contribution in [3.8, 4) is 5.75 Å². The van der Waals surface area contributed by atoms with E-state index in [1.807, 2.05) is 62.5 Å². The van der Waals surface area contributed by atoms with Gasteiger partial charge < -0.3 is 19.9 Å². The predicted molar refractivity (Wildman–Crippen MR) is 116 cm³/mol. The topological polar surface area (TPSA) is 90.5 Å². The van der Waals surface area contributed by atoms with Crippen molar-refractivity contribution in [3.63, 3.8) is 0 Å². The number of nitrogens with two attached hydrogens (primary N) is 1. The Labute approximate surface area is 180 Å². The number of imidazole rings is 1. The van der Waals surface area contributed by atoms with Crippen LogP contribution in [0.2, 0.25) is 0 Å². The van der Waals surface area contributed by atoms with Gasteiger partial charge in [-0.15, -0.1) is 0 Å². The van der Waals surface area contributed by atoms with Gasteiger partial charge in [-0.3, -0.25) is 9.59 Å². The highest BCUT2D eigenvalue weighted by molar-refractivity contribution is 6.01. The fourth-order valence-electron chi connectivity index (χ4n) is 5.19. The summed E-state index contributed by atoms with van der Waals surface area (Å²) in [6.07, 6.45) is 1.97. The van der Waals surface area contributed by atoms with Crippen LogP contribution in [0, 0.1) is 5.92 Å². The smallest absolute Gasteiger partial charge is 0.238 e. The third-order valence-electron chi connectivity index (χ3n) is 6.72. The summed E-state index contributed by atoms with van der Waals surface area (Å²) in [5, 5.41) is 0. The molecule has 5 rings (SSSR count). The lowest BCUT2D eigenvalue weighted by atomic mass is 9.73. The van der Waals surface area contributed by atoms with Crippen LogP contribution in [0.25, 0.3) is 11.0 Å². The molecular weight excluding hydrogens is 392 g/mol. The second-order valence-electron chi connectivity index (χ2n) is 8.67. The Balaban J connectivity index is 1.40. The summed E-state index contributed by atoms with van der Waals surface area (Å²) in [7, 11) is 2.01. The molecule has 2 aliphatic heterocycles. The highest BCUT2D eigenvalue weighted by Crippen LogP contribution is 2.50. The molecule has 1 saturated heterocycles. The van der Waals surface area contributed by atoms with Crippen LogP contribution in [0.5, 0.6) is 5.75 Å². The number of carbonyl (C=O) groups is 2. The number of carbonyl (C=O) groups excluding carboxylic acids is 2. The van der Waals surface area contributed by atoms with Gasteiger partial charge in [0.15, 0.2) is 5.72 Å². The van der Waals surface area contributed by atoms with Crippen molar-refractivity contribution < 1.29 is 14.3 Å². The molecule has 7 nitrogen and oxygen atoms in total. The van der Waals surface area contributed by atoms with Gasteiger partial charge in [0.2, 0.25) is 11.8 Å². The molecule has 2 aliphatic rings. The Kier molecular flexibility index (Phi) is 4.50.